The summed E-state index contributed by atoms with van der Waals surface area (Å²) in [5.41, 5.74) is 0. The molecule has 0 aliphatic carbocycles. The number of aliphatic hydroxyl groups is 2. The molecule has 0 bridgehead atoms. The molecule has 0 aromatic heterocycles. The first kappa shape index (κ1) is 52.7. The molecule has 0 aromatic rings. The quantitative estimate of drug-likeness (QED) is 0.0237. The molecule has 0 saturated heterocycles. The van der Waals surface area contributed by atoms with E-state index in [4.69, 9.17) is 19.1 Å². The smallest absolute Gasteiger partial charge is 0.462 e. The third kappa shape index (κ3) is 39.7. The Kier molecular flexibility index (Phi) is 38.2. The fourth-order valence-corrected chi connectivity index (χ4v) is 6.12. The molecule has 0 spiro atoms. The summed E-state index contributed by atoms with van der Waals surface area (Å²) in [6.45, 7) is 2.26. The topological polar surface area (TPSA) is 149 Å². The minimum Gasteiger partial charge on any atom is -0.462 e. The number of ether oxygens (including phenoxy) is 2. The molecule has 0 rings (SSSR count). The van der Waals surface area contributed by atoms with Gasteiger partial charge in [0, 0.05) is 12.8 Å². The number of aliphatic hydroxyl groups excluding tert-OH is 2. The van der Waals surface area contributed by atoms with Gasteiger partial charge in [-0.3, -0.25) is 18.6 Å². The summed E-state index contributed by atoms with van der Waals surface area (Å²) in [5.74, 6) is -1.01. The van der Waals surface area contributed by atoms with Crippen LogP contribution in [0.4, 0.5) is 0 Å². The van der Waals surface area contributed by atoms with Gasteiger partial charge < -0.3 is 24.6 Å². The van der Waals surface area contributed by atoms with Crippen LogP contribution in [0.25, 0.3) is 0 Å². The predicted molar refractivity (Wildman–Crippen MR) is 224 cm³/mol. The molecule has 0 fully saturated rings. The Morgan fingerprint density at radius 3 is 1.53 bits per heavy atom. The van der Waals surface area contributed by atoms with Gasteiger partial charge in [0.15, 0.2) is 6.10 Å². The summed E-state index contributed by atoms with van der Waals surface area (Å²) < 4.78 is 32.6. The van der Waals surface area contributed by atoms with Crippen LogP contribution < -0.4 is 0 Å². The highest BCUT2D eigenvalue weighted by Crippen LogP contribution is 2.43. The average molecular weight is 797 g/mol. The van der Waals surface area contributed by atoms with Gasteiger partial charge in [-0.2, -0.15) is 0 Å². The largest absolute Gasteiger partial charge is 0.472 e. The van der Waals surface area contributed by atoms with E-state index in [1.807, 2.05) is 12.2 Å². The molecule has 0 amide bonds. The Labute approximate surface area is 334 Å². The molecule has 1 unspecified atom stereocenters. The van der Waals surface area contributed by atoms with Crippen LogP contribution >= 0.6 is 7.82 Å². The maximum atomic E-state index is 12.6. The van der Waals surface area contributed by atoms with Crippen LogP contribution in [0.3, 0.4) is 0 Å². The Bertz CT molecular complexity index is 1100. The van der Waals surface area contributed by atoms with Crippen molar-refractivity contribution in [3.8, 4) is 0 Å². The molecule has 318 valence electrons. The number of unbranched alkanes of at least 4 members (excludes halogenated alkanes) is 15. The second kappa shape index (κ2) is 39.9. The minimum absolute atomic E-state index is 0.103. The van der Waals surface area contributed by atoms with E-state index in [-0.39, 0.29) is 19.4 Å². The van der Waals surface area contributed by atoms with E-state index in [1.54, 1.807) is 0 Å². The lowest BCUT2D eigenvalue weighted by molar-refractivity contribution is -0.161. The second-order valence-corrected chi connectivity index (χ2v) is 15.5. The number of esters is 2. The van der Waals surface area contributed by atoms with Crippen LogP contribution in [0.1, 0.15) is 168 Å². The van der Waals surface area contributed by atoms with E-state index in [2.05, 4.69) is 67.0 Å². The van der Waals surface area contributed by atoms with Crippen molar-refractivity contribution in [2.24, 2.45) is 0 Å². The molecule has 0 aromatic carbocycles. The molecular formula is C44H77O10P. The van der Waals surface area contributed by atoms with Gasteiger partial charge in [-0.1, -0.05) is 139 Å². The fraction of sp³-hybridized carbons (Fsp3) is 0.727. The van der Waals surface area contributed by atoms with Crippen molar-refractivity contribution in [1.82, 2.24) is 0 Å². The molecule has 3 atom stereocenters. The van der Waals surface area contributed by atoms with E-state index in [9.17, 15) is 24.2 Å². The summed E-state index contributed by atoms with van der Waals surface area (Å²) in [7, 11) is -4.64. The number of allylic oxidation sites excluding steroid dienone is 10. The first-order chi connectivity index (χ1) is 26.7. The number of hydrogen-bond acceptors (Lipinski definition) is 9. The monoisotopic (exact) mass is 797 g/mol. The Morgan fingerprint density at radius 2 is 0.964 bits per heavy atom. The standard InChI is InChI=1S/C44H77O10P/c1-3-5-7-9-11-13-15-17-19-20-22-24-26-28-30-32-34-36-44(48)54-42(40-53-55(49,50)52-38-41(46)37-45)39-51-43(47)35-33-31-29-27-25-23-21-18-16-14-12-10-8-6-4-2/h11,13,17,19,22-25,28,30,41-42,45-46H,3-10,12,14-16,18,20-21,26-27,29,31-40H2,1-2H3,(H,49,50)/b13-11+,19-17+,24-22+,25-23+,30-28+/t41-,42+/m0/s1. The van der Waals surface area contributed by atoms with Gasteiger partial charge in [0.2, 0.25) is 0 Å². The van der Waals surface area contributed by atoms with Crippen molar-refractivity contribution < 1.29 is 47.8 Å². The highest BCUT2D eigenvalue weighted by molar-refractivity contribution is 7.47. The Balaban J connectivity index is 4.45. The van der Waals surface area contributed by atoms with Gasteiger partial charge in [-0.15, -0.1) is 0 Å². The molecule has 0 aliphatic heterocycles. The number of phosphoric ester groups is 1. The summed E-state index contributed by atoms with van der Waals surface area (Å²) >= 11 is 0. The third-order valence-corrected chi connectivity index (χ3v) is 9.60. The molecule has 0 heterocycles. The minimum atomic E-state index is -4.64. The number of phosphoric acid groups is 1. The molecule has 11 heteroatoms. The SMILES string of the molecule is CCCCC/C=C/C/C=C/C/C=C/C/C=C/CCCC(=O)O[C@H](COC(=O)CCCCC/C=C/CCCCCCCCCC)COP(=O)(O)OC[C@@H](O)CO. The molecule has 10 nitrogen and oxygen atoms in total. The van der Waals surface area contributed by atoms with E-state index < -0.39 is 51.8 Å². The number of carbonyl (C=O) groups excluding carboxylic acids is 2. The number of rotatable bonds is 39. The van der Waals surface area contributed by atoms with Gasteiger partial charge in [-0.05, 0) is 77.0 Å². The van der Waals surface area contributed by atoms with E-state index in [1.165, 1.54) is 70.6 Å². The van der Waals surface area contributed by atoms with Crippen molar-refractivity contribution in [2.45, 2.75) is 180 Å². The summed E-state index contributed by atoms with van der Waals surface area (Å²) in [5, 5.41) is 18.3. The van der Waals surface area contributed by atoms with Gasteiger partial charge in [0.25, 0.3) is 0 Å². The molecule has 0 aliphatic rings. The first-order valence-electron chi connectivity index (χ1n) is 21.2. The number of hydrogen-bond donors (Lipinski definition) is 3. The van der Waals surface area contributed by atoms with E-state index in [0.29, 0.717) is 19.3 Å². The van der Waals surface area contributed by atoms with Crippen LogP contribution in [-0.2, 0) is 32.7 Å². The zero-order valence-electron chi connectivity index (χ0n) is 34.4. The maximum Gasteiger partial charge on any atom is 0.472 e. The molecule has 0 radical (unpaired) electrons. The lowest BCUT2D eigenvalue weighted by Gasteiger charge is -2.20. The third-order valence-electron chi connectivity index (χ3n) is 8.64. The lowest BCUT2D eigenvalue weighted by atomic mass is 10.1. The van der Waals surface area contributed by atoms with Gasteiger partial charge in [0.05, 0.1) is 19.8 Å². The van der Waals surface area contributed by atoms with Crippen molar-refractivity contribution in [3.63, 3.8) is 0 Å². The van der Waals surface area contributed by atoms with Crippen LogP contribution in [0.2, 0.25) is 0 Å². The van der Waals surface area contributed by atoms with E-state index >= 15 is 0 Å². The van der Waals surface area contributed by atoms with Crippen molar-refractivity contribution in [1.29, 1.82) is 0 Å². The highest BCUT2D eigenvalue weighted by Gasteiger charge is 2.27. The zero-order chi connectivity index (χ0) is 40.5. The van der Waals surface area contributed by atoms with Crippen LogP contribution in [0.5, 0.6) is 0 Å². The van der Waals surface area contributed by atoms with Gasteiger partial charge in [-0.25, -0.2) is 4.57 Å². The maximum absolute atomic E-state index is 12.6. The highest BCUT2D eigenvalue weighted by atomic mass is 31.2. The average Bonchev–Trinajstić information content (AvgIpc) is 3.17. The fourth-order valence-electron chi connectivity index (χ4n) is 5.33. The van der Waals surface area contributed by atoms with Crippen LogP contribution in [0, 0.1) is 0 Å². The van der Waals surface area contributed by atoms with Gasteiger partial charge >= 0.3 is 19.8 Å². The van der Waals surface area contributed by atoms with Crippen molar-refractivity contribution in [2.75, 3.05) is 26.4 Å². The summed E-state index contributed by atoms with van der Waals surface area (Å²) in [6, 6.07) is 0. The Hall–Kier alpha value is -2.33. The van der Waals surface area contributed by atoms with Crippen LogP contribution in [-0.4, -0.2) is 65.7 Å². The summed E-state index contributed by atoms with van der Waals surface area (Å²) in [6.07, 6.45) is 43.4. The van der Waals surface area contributed by atoms with Crippen molar-refractivity contribution >= 4 is 19.8 Å². The number of carbonyl (C=O) groups is 2. The van der Waals surface area contributed by atoms with Crippen LogP contribution in [0.15, 0.2) is 60.8 Å². The Morgan fingerprint density at radius 1 is 0.545 bits per heavy atom. The first-order valence-corrected chi connectivity index (χ1v) is 22.7. The predicted octanol–water partition coefficient (Wildman–Crippen LogP) is 11.1. The lowest BCUT2D eigenvalue weighted by Crippen LogP contribution is -2.29. The molecule has 0 saturated carbocycles. The van der Waals surface area contributed by atoms with Gasteiger partial charge in [0.1, 0.15) is 12.7 Å². The second-order valence-electron chi connectivity index (χ2n) is 14.0. The summed E-state index contributed by atoms with van der Waals surface area (Å²) in [4.78, 5) is 34.9. The zero-order valence-corrected chi connectivity index (χ0v) is 35.3. The normalized spacial score (nSPS) is 14.5. The molecule has 55 heavy (non-hydrogen) atoms. The molecular weight excluding hydrogens is 719 g/mol. The molecule has 3 N–H and O–H groups in total. The van der Waals surface area contributed by atoms with Crippen molar-refractivity contribution in [3.05, 3.63) is 60.8 Å². The van der Waals surface area contributed by atoms with E-state index in [0.717, 1.165) is 51.4 Å².